The molecule has 0 amide bonds. The number of nitrogens with zero attached hydrogens (tertiary/aromatic N) is 1. The summed E-state index contributed by atoms with van der Waals surface area (Å²) in [5.41, 5.74) is 1.11. The normalized spacial score (nSPS) is 10.3. The molecule has 0 spiro atoms. The maximum atomic E-state index is 10.7. The van der Waals surface area contributed by atoms with E-state index in [0.717, 1.165) is 15.0 Å². The van der Waals surface area contributed by atoms with Crippen LogP contribution in [0.25, 0.3) is 0 Å². The molecule has 0 unspecified atom stereocenters. The van der Waals surface area contributed by atoms with E-state index in [-0.39, 0.29) is 4.88 Å². The molecule has 0 radical (unpaired) electrons. The molecule has 1 aromatic carbocycles. The van der Waals surface area contributed by atoms with Gasteiger partial charge in [0, 0.05) is 10.9 Å². The van der Waals surface area contributed by atoms with E-state index < -0.39 is 5.97 Å². The van der Waals surface area contributed by atoms with Gasteiger partial charge in [0.2, 0.25) is 0 Å². The average molecular weight is 298 g/mol. The molecule has 0 saturated carbocycles. The molecule has 2 rings (SSSR count). The third-order valence-electron chi connectivity index (χ3n) is 2.06. The van der Waals surface area contributed by atoms with Crippen LogP contribution in [0.5, 0.6) is 0 Å². The van der Waals surface area contributed by atoms with E-state index in [1.54, 1.807) is 0 Å². The van der Waals surface area contributed by atoms with E-state index >= 15 is 0 Å². The van der Waals surface area contributed by atoms with E-state index in [1.165, 1.54) is 17.5 Å². The van der Waals surface area contributed by atoms with Gasteiger partial charge in [0.25, 0.3) is 0 Å². The highest BCUT2D eigenvalue weighted by atomic mass is 79.9. The van der Waals surface area contributed by atoms with Crippen LogP contribution in [-0.2, 0) is 6.42 Å². The fourth-order valence-corrected chi connectivity index (χ4v) is 2.50. The van der Waals surface area contributed by atoms with Crippen LogP contribution in [0.15, 0.2) is 34.9 Å². The topological polar surface area (TPSA) is 50.2 Å². The molecular weight excluding hydrogens is 290 g/mol. The highest BCUT2D eigenvalue weighted by Crippen LogP contribution is 2.22. The average Bonchev–Trinajstić information content (AvgIpc) is 2.70. The Labute approximate surface area is 105 Å². The molecule has 0 fully saturated rings. The number of benzene rings is 1. The lowest BCUT2D eigenvalue weighted by Gasteiger charge is -2.00. The van der Waals surface area contributed by atoms with E-state index in [4.69, 9.17) is 5.11 Å². The second-order valence-corrected chi connectivity index (χ2v) is 5.16. The van der Waals surface area contributed by atoms with Gasteiger partial charge in [-0.2, -0.15) is 0 Å². The number of hydrogen-bond donors (Lipinski definition) is 1. The maximum Gasteiger partial charge on any atom is 0.347 e. The fourth-order valence-electron chi connectivity index (χ4n) is 1.30. The van der Waals surface area contributed by atoms with Crippen LogP contribution >= 0.6 is 27.3 Å². The molecule has 1 heterocycles. The second-order valence-electron chi connectivity index (χ2n) is 3.19. The third kappa shape index (κ3) is 2.48. The van der Waals surface area contributed by atoms with Crippen molar-refractivity contribution in [3.8, 4) is 0 Å². The number of hydrogen-bond acceptors (Lipinski definition) is 3. The molecule has 16 heavy (non-hydrogen) atoms. The molecule has 3 nitrogen and oxygen atoms in total. The molecule has 0 aliphatic rings. The van der Waals surface area contributed by atoms with Crippen molar-refractivity contribution in [3.05, 3.63) is 50.4 Å². The first-order valence-corrected chi connectivity index (χ1v) is 6.19. The second kappa shape index (κ2) is 4.76. The minimum absolute atomic E-state index is 0.280. The van der Waals surface area contributed by atoms with Crippen molar-refractivity contribution in [2.75, 3.05) is 0 Å². The van der Waals surface area contributed by atoms with Gasteiger partial charge in [-0.05, 0) is 11.6 Å². The van der Waals surface area contributed by atoms with Gasteiger partial charge in [-0.15, -0.1) is 11.3 Å². The summed E-state index contributed by atoms with van der Waals surface area (Å²) < 4.78 is 1.02. The largest absolute Gasteiger partial charge is 0.477 e. The van der Waals surface area contributed by atoms with Crippen LogP contribution in [0.4, 0.5) is 0 Å². The Morgan fingerprint density at radius 3 is 2.81 bits per heavy atom. The van der Waals surface area contributed by atoms with Crippen LogP contribution in [-0.4, -0.2) is 16.1 Å². The summed E-state index contributed by atoms with van der Waals surface area (Å²) in [6.45, 7) is 0. The molecule has 0 atom stereocenters. The number of thiazole rings is 1. The zero-order chi connectivity index (χ0) is 11.5. The van der Waals surface area contributed by atoms with Gasteiger partial charge in [-0.1, -0.05) is 34.1 Å². The predicted molar refractivity (Wildman–Crippen MR) is 66.0 cm³/mol. The molecule has 0 bridgehead atoms. The Bertz CT molecular complexity index is 524. The molecule has 0 saturated heterocycles. The highest BCUT2D eigenvalue weighted by Gasteiger charge is 2.09. The van der Waals surface area contributed by atoms with Crippen LogP contribution in [0.1, 0.15) is 20.2 Å². The van der Waals surface area contributed by atoms with Crippen molar-refractivity contribution < 1.29 is 9.90 Å². The maximum absolute atomic E-state index is 10.7. The fraction of sp³-hybridized carbons (Fsp3) is 0.0909. The van der Waals surface area contributed by atoms with Crippen LogP contribution in [0.2, 0.25) is 0 Å². The number of carboxylic acid groups (broad SMARTS) is 1. The van der Waals surface area contributed by atoms with Crippen molar-refractivity contribution in [1.29, 1.82) is 0 Å². The van der Waals surface area contributed by atoms with Crippen molar-refractivity contribution in [1.82, 2.24) is 4.98 Å². The minimum Gasteiger partial charge on any atom is -0.477 e. The lowest BCUT2D eigenvalue weighted by molar-refractivity contribution is 0.0702. The van der Waals surface area contributed by atoms with Gasteiger partial charge in [0.05, 0.1) is 11.2 Å². The zero-order valence-corrected chi connectivity index (χ0v) is 10.6. The first-order chi connectivity index (χ1) is 7.66. The SMILES string of the molecule is O=C(O)c1cnc(Cc2ccccc2Br)s1. The molecule has 0 aliphatic carbocycles. The number of halogens is 1. The number of aromatic nitrogens is 1. The Morgan fingerprint density at radius 1 is 1.44 bits per heavy atom. The van der Waals surface area contributed by atoms with Gasteiger partial charge in [0.1, 0.15) is 4.88 Å². The predicted octanol–water partition coefficient (Wildman–Crippen LogP) is 3.19. The van der Waals surface area contributed by atoms with Crippen molar-refractivity contribution in [3.63, 3.8) is 0 Å². The van der Waals surface area contributed by atoms with Gasteiger partial charge < -0.3 is 5.11 Å². The summed E-state index contributed by atoms with van der Waals surface area (Å²) in [6, 6.07) is 7.84. The molecule has 2 aromatic rings. The smallest absolute Gasteiger partial charge is 0.347 e. The summed E-state index contributed by atoms with van der Waals surface area (Å²) in [6.07, 6.45) is 2.05. The van der Waals surface area contributed by atoms with Gasteiger partial charge in [-0.25, -0.2) is 9.78 Å². The highest BCUT2D eigenvalue weighted by molar-refractivity contribution is 9.10. The lowest BCUT2D eigenvalue weighted by atomic mass is 10.2. The standard InChI is InChI=1S/C11H8BrNO2S/c12-8-4-2-1-3-7(8)5-10-13-6-9(16-10)11(14)15/h1-4,6H,5H2,(H,14,15). The van der Waals surface area contributed by atoms with Crippen molar-refractivity contribution >= 4 is 33.2 Å². The van der Waals surface area contributed by atoms with Crippen molar-refractivity contribution in [2.45, 2.75) is 6.42 Å². The van der Waals surface area contributed by atoms with Gasteiger partial charge >= 0.3 is 5.97 Å². The first kappa shape index (κ1) is 11.3. The van der Waals surface area contributed by atoms with E-state index in [1.807, 2.05) is 24.3 Å². The summed E-state index contributed by atoms with van der Waals surface area (Å²) in [5.74, 6) is -0.920. The Balaban J connectivity index is 2.21. The number of aromatic carboxylic acids is 1. The van der Waals surface area contributed by atoms with Crippen molar-refractivity contribution in [2.24, 2.45) is 0 Å². The molecular formula is C11H8BrNO2S. The lowest BCUT2D eigenvalue weighted by Crippen LogP contribution is -1.90. The van der Waals surface area contributed by atoms with E-state index in [2.05, 4.69) is 20.9 Å². The van der Waals surface area contributed by atoms with E-state index in [0.29, 0.717) is 6.42 Å². The third-order valence-corrected chi connectivity index (χ3v) is 3.82. The molecule has 1 aromatic heterocycles. The monoisotopic (exact) mass is 297 g/mol. The minimum atomic E-state index is -0.920. The van der Waals surface area contributed by atoms with Crippen LogP contribution in [0, 0.1) is 0 Å². The quantitative estimate of drug-likeness (QED) is 0.946. The molecule has 5 heteroatoms. The Kier molecular flexibility index (Phi) is 3.36. The van der Waals surface area contributed by atoms with Crippen LogP contribution < -0.4 is 0 Å². The summed E-state index contributed by atoms with van der Waals surface area (Å²) in [4.78, 5) is 15.1. The summed E-state index contributed by atoms with van der Waals surface area (Å²) in [5, 5.41) is 9.59. The Hall–Kier alpha value is -1.20. The zero-order valence-electron chi connectivity index (χ0n) is 8.18. The molecule has 1 N–H and O–H groups in total. The summed E-state index contributed by atoms with van der Waals surface area (Å²) in [7, 11) is 0. The number of carboxylic acids is 1. The van der Waals surface area contributed by atoms with E-state index in [9.17, 15) is 4.79 Å². The van der Waals surface area contributed by atoms with Gasteiger partial charge in [0.15, 0.2) is 0 Å². The first-order valence-electron chi connectivity index (χ1n) is 4.58. The van der Waals surface area contributed by atoms with Crippen LogP contribution in [0.3, 0.4) is 0 Å². The molecule has 0 aliphatic heterocycles. The number of carbonyl (C=O) groups is 1. The number of rotatable bonds is 3. The van der Waals surface area contributed by atoms with Gasteiger partial charge in [-0.3, -0.25) is 0 Å². The molecule has 82 valence electrons. The summed E-state index contributed by atoms with van der Waals surface area (Å²) >= 11 is 4.66. The Morgan fingerprint density at radius 2 is 2.19 bits per heavy atom.